The summed E-state index contributed by atoms with van der Waals surface area (Å²) >= 11 is 0. The zero-order chi connectivity index (χ0) is 17.2. The first-order valence-corrected chi connectivity index (χ1v) is 8.59. The summed E-state index contributed by atoms with van der Waals surface area (Å²) in [6.45, 7) is 6.29. The third kappa shape index (κ3) is 3.32. The number of hydrogen-bond acceptors (Lipinski definition) is 5. The minimum atomic E-state index is -0.126. The minimum absolute atomic E-state index is 0.126. The van der Waals surface area contributed by atoms with Crippen molar-refractivity contribution in [2.45, 2.75) is 19.9 Å². The second-order valence-corrected chi connectivity index (χ2v) is 6.48. The van der Waals surface area contributed by atoms with Crippen molar-refractivity contribution in [3.63, 3.8) is 0 Å². The second-order valence-electron chi connectivity index (χ2n) is 6.48. The Morgan fingerprint density at radius 1 is 1.12 bits per heavy atom. The zero-order valence-electron chi connectivity index (χ0n) is 14.3. The van der Waals surface area contributed by atoms with Gasteiger partial charge in [0.05, 0.1) is 11.4 Å². The lowest BCUT2D eigenvalue weighted by molar-refractivity contribution is 0.281. The molecule has 0 atom stereocenters. The van der Waals surface area contributed by atoms with Gasteiger partial charge < -0.3 is 4.90 Å². The van der Waals surface area contributed by atoms with Gasteiger partial charge in [0.2, 0.25) is 5.65 Å². The van der Waals surface area contributed by atoms with Crippen LogP contribution in [0, 0.1) is 12.7 Å². The molecule has 4 rings (SSSR count). The van der Waals surface area contributed by atoms with Crippen LogP contribution in [0.5, 0.6) is 0 Å². The standard InChI is InChI=1S/C18H21FN6/c1-14-11-17(18-21-20-13-25(18)22-14)24-8-4-7-23(9-10-24)12-15-5-2-3-6-16(15)19/h2-3,5-6,11,13H,4,7-10,12H2,1H3. The predicted octanol–water partition coefficient (Wildman–Crippen LogP) is 2.28. The van der Waals surface area contributed by atoms with Crippen molar-refractivity contribution in [2.24, 2.45) is 0 Å². The SMILES string of the molecule is Cc1cc(N2CCCN(Cc3ccccc3F)CC2)c2nncn2n1. The van der Waals surface area contributed by atoms with Crippen LogP contribution in [-0.2, 0) is 6.54 Å². The lowest BCUT2D eigenvalue weighted by atomic mass is 10.2. The zero-order valence-corrected chi connectivity index (χ0v) is 14.3. The molecule has 2 aromatic heterocycles. The molecule has 1 aromatic carbocycles. The Morgan fingerprint density at radius 2 is 2.00 bits per heavy atom. The summed E-state index contributed by atoms with van der Waals surface area (Å²) in [5.41, 5.74) is 3.55. The van der Waals surface area contributed by atoms with Crippen LogP contribution in [0.2, 0.25) is 0 Å². The third-order valence-corrected chi connectivity index (χ3v) is 4.65. The maximum Gasteiger partial charge on any atom is 0.200 e. The third-order valence-electron chi connectivity index (χ3n) is 4.65. The van der Waals surface area contributed by atoms with E-state index >= 15 is 0 Å². The number of fused-ring (bicyclic) bond motifs is 1. The molecule has 3 aromatic rings. The molecule has 1 saturated heterocycles. The molecule has 0 aliphatic carbocycles. The van der Waals surface area contributed by atoms with Gasteiger partial charge in [-0.05, 0) is 25.5 Å². The van der Waals surface area contributed by atoms with Gasteiger partial charge in [-0.2, -0.15) is 9.61 Å². The maximum atomic E-state index is 13.9. The van der Waals surface area contributed by atoms with Crippen LogP contribution >= 0.6 is 0 Å². The average molecular weight is 340 g/mol. The Labute approximate surface area is 145 Å². The van der Waals surface area contributed by atoms with Crippen molar-refractivity contribution in [3.8, 4) is 0 Å². The van der Waals surface area contributed by atoms with E-state index in [0.29, 0.717) is 6.54 Å². The lowest BCUT2D eigenvalue weighted by Crippen LogP contribution is -2.31. The molecule has 0 unspecified atom stereocenters. The van der Waals surface area contributed by atoms with E-state index in [4.69, 9.17) is 0 Å². The van der Waals surface area contributed by atoms with Gasteiger partial charge in [0.15, 0.2) is 0 Å². The van der Waals surface area contributed by atoms with Crippen molar-refractivity contribution in [3.05, 3.63) is 53.7 Å². The summed E-state index contributed by atoms with van der Waals surface area (Å²) in [6.07, 6.45) is 2.66. The van der Waals surface area contributed by atoms with Gasteiger partial charge in [-0.3, -0.25) is 4.90 Å². The first-order chi connectivity index (χ1) is 12.2. The van der Waals surface area contributed by atoms with Crippen molar-refractivity contribution in [1.29, 1.82) is 0 Å². The van der Waals surface area contributed by atoms with Crippen molar-refractivity contribution < 1.29 is 4.39 Å². The van der Waals surface area contributed by atoms with Crippen molar-refractivity contribution >= 4 is 11.3 Å². The number of aromatic nitrogens is 4. The Bertz CT molecular complexity index is 877. The van der Waals surface area contributed by atoms with E-state index < -0.39 is 0 Å². The predicted molar refractivity (Wildman–Crippen MR) is 94.0 cm³/mol. The van der Waals surface area contributed by atoms with E-state index in [1.54, 1.807) is 16.9 Å². The molecule has 0 bridgehead atoms. The van der Waals surface area contributed by atoms with Crippen LogP contribution in [0.15, 0.2) is 36.7 Å². The van der Waals surface area contributed by atoms with Gasteiger partial charge >= 0.3 is 0 Å². The quantitative estimate of drug-likeness (QED) is 0.732. The number of nitrogens with zero attached hydrogens (tertiary/aromatic N) is 6. The van der Waals surface area contributed by atoms with Crippen LogP contribution in [0.3, 0.4) is 0 Å². The van der Waals surface area contributed by atoms with Crippen LogP contribution in [0.25, 0.3) is 5.65 Å². The normalized spacial score (nSPS) is 16.3. The molecule has 130 valence electrons. The number of benzene rings is 1. The summed E-state index contributed by atoms with van der Waals surface area (Å²) in [7, 11) is 0. The lowest BCUT2D eigenvalue weighted by Gasteiger charge is -2.24. The number of rotatable bonds is 3. The smallest absolute Gasteiger partial charge is 0.200 e. The fourth-order valence-electron chi connectivity index (χ4n) is 3.40. The number of halogens is 1. The second kappa shape index (κ2) is 6.76. The first-order valence-electron chi connectivity index (χ1n) is 8.59. The number of aryl methyl sites for hydroxylation is 1. The molecule has 1 fully saturated rings. The van der Waals surface area contributed by atoms with Crippen molar-refractivity contribution in [1.82, 2.24) is 24.7 Å². The highest BCUT2D eigenvalue weighted by molar-refractivity contribution is 5.68. The Hall–Kier alpha value is -2.54. The van der Waals surface area contributed by atoms with Crippen LogP contribution < -0.4 is 4.90 Å². The highest BCUT2D eigenvalue weighted by Crippen LogP contribution is 2.22. The Morgan fingerprint density at radius 3 is 2.88 bits per heavy atom. The highest BCUT2D eigenvalue weighted by Gasteiger charge is 2.19. The summed E-state index contributed by atoms with van der Waals surface area (Å²) in [6, 6.07) is 9.09. The van der Waals surface area contributed by atoms with Crippen molar-refractivity contribution in [2.75, 3.05) is 31.1 Å². The monoisotopic (exact) mass is 340 g/mol. The van der Waals surface area contributed by atoms with E-state index in [9.17, 15) is 4.39 Å². The molecule has 6 nitrogen and oxygen atoms in total. The molecule has 7 heteroatoms. The average Bonchev–Trinajstić information content (AvgIpc) is 2.94. The van der Waals surface area contributed by atoms with E-state index in [1.807, 2.05) is 19.1 Å². The van der Waals surface area contributed by atoms with Gasteiger partial charge in [0.1, 0.15) is 12.1 Å². The maximum absolute atomic E-state index is 13.9. The van der Waals surface area contributed by atoms with Gasteiger partial charge in [0.25, 0.3) is 0 Å². The molecule has 0 spiro atoms. The molecule has 0 amide bonds. The van der Waals surface area contributed by atoms with Crippen LogP contribution in [-0.4, -0.2) is 50.9 Å². The molecular formula is C18H21FN6. The highest BCUT2D eigenvalue weighted by atomic mass is 19.1. The topological polar surface area (TPSA) is 49.6 Å². The molecular weight excluding hydrogens is 319 g/mol. The van der Waals surface area contributed by atoms with Gasteiger partial charge in [-0.15, -0.1) is 10.2 Å². The van der Waals surface area contributed by atoms with E-state index in [2.05, 4.69) is 31.2 Å². The van der Waals surface area contributed by atoms with E-state index in [-0.39, 0.29) is 5.82 Å². The number of hydrogen-bond donors (Lipinski definition) is 0. The summed E-state index contributed by atoms with van der Waals surface area (Å²) in [5.74, 6) is -0.126. The molecule has 25 heavy (non-hydrogen) atoms. The Kier molecular flexibility index (Phi) is 4.31. The molecule has 0 saturated carbocycles. The first kappa shape index (κ1) is 16.0. The fraction of sp³-hybridized carbons (Fsp3) is 0.389. The molecule has 1 aliphatic heterocycles. The minimum Gasteiger partial charge on any atom is -0.367 e. The fourth-order valence-corrected chi connectivity index (χ4v) is 3.40. The van der Waals surface area contributed by atoms with Gasteiger partial charge in [-0.1, -0.05) is 18.2 Å². The number of anilines is 1. The molecule has 0 radical (unpaired) electrons. The molecule has 1 aliphatic rings. The van der Waals surface area contributed by atoms with Crippen LogP contribution in [0.4, 0.5) is 10.1 Å². The molecule has 3 heterocycles. The van der Waals surface area contributed by atoms with Gasteiger partial charge in [-0.25, -0.2) is 4.39 Å². The summed E-state index contributed by atoms with van der Waals surface area (Å²) in [5, 5.41) is 12.6. The van der Waals surface area contributed by atoms with E-state index in [1.165, 1.54) is 6.07 Å². The summed E-state index contributed by atoms with van der Waals surface area (Å²) in [4.78, 5) is 4.65. The summed E-state index contributed by atoms with van der Waals surface area (Å²) < 4.78 is 15.6. The Balaban J connectivity index is 1.51. The van der Waals surface area contributed by atoms with Gasteiger partial charge in [0, 0.05) is 38.3 Å². The molecule has 0 N–H and O–H groups in total. The largest absolute Gasteiger partial charge is 0.367 e. The van der Waals surface area contributed by atoms with Crippen LogP contribution in [0.1, 0.15) is 17.7 Å². The van der Waals surface area contributed by atoms with E-state index in [0.717, 1.165) is 55.2 Å².